The first-order valence-electron chi connectivity index (χ1n) is 8.95. The molecule has 8 heteroatoms. The van der Waals surface area contributed by atoms with Gasteiger partial charge in [0, 0.05) is 20.1 Å². The maximum Gasteiger partial charge on any atom is 0.282 e. The lowest BCUT2D eigenvalue weighted by Crippen LogP contribution is -2.45. The van der Waals surface area contributed by atoms with Crippen LogP contribution in [0.25, 0.3) is 0 Å². The SMILES string of the molecule is CN(Cc1ccccc1)S(=O)(=O)N1CCn2nc([C@@H](O)C3CC3)cc2C1. The summed E-state index contributed by atoms with van der Waals surface area (Å²) in [6.45, 7) is 1.51. The number of benzene rings is 1. The fourth-order valence-electron chi connectivity index (χ4n) is 3.38. The van der Waals surface area contributed by atoms with E-state index in [9.17, 15) is 13.5 Å². The van der Waals surface area contributed by atoms with Gasteiger partial charge < -0.3 is 5.11 Å². The van der Waals surface area contributed by atoms with Crippen LogP contribution in [-0.2, 0) is 29.8 Å². The predicted molar refractivity (Wildman–Crippen MR) is 97.1 cm³/mol. The van der Waals surface area contributed by atoms with Gasteiger partial charge in [0.1, 0.15) is 6.10 Å². The second-order valence-corrected chi connectivity index (χ2v) is 9.18. The third-order valence-corrected chi connectivity index (χ3v) is 7.00. The van der Waals surface area contributed by atoms with E-state index >= 15 is 0 Å². The Morgan fingerprint density at radius 2 is 2.00 bits per heavy atom. The van der Waals surface area contributed by atoms with Gasteiger partial charge in [0.2, 0.25) is 0 Å². The van der Waals surface area contributed by atoms with Gasteiger partial charge in [0.25, 0.3) is 10.2 Å². The molecule has 0 unspecified atom stereocenters. The molecule has 1 saturated carbocycles. The number of nitrogens with zero attached hydrogens (tertiary/aromatic N) is 4. The van der Waals surface area contributed by atoms with Crippen LogP contribution in [0.3, 0.4) is 0 Å². The van der Waals surface area contributed by atoms with Crippen molar-refractivity contribution in [3.8, 4) is 0 Å². The van der Waals surface area contributed by atoms with E-state index in [4.69, 9.17) is 0 Å². The van der Waals surface area contributed by atoms with Gasteiger partial charge in [-0.3, -0.25) is 4.68 Å². The Balaban J connectivity index is 1.48. The van der Waals surface area contributed by atoms with Crippen molar-refractivity contribution in [1.29, 1.82) is 0 Å². The van der Waals surface area contributed by atoms with E-state index in [-0.39, 0.29) is 6.54 Å². The van der Waals surface area contributed by atoms with Crippen LogP contribution in [0.1, 0.15) is 35.9 Å². The van der Waals surface area contributed by atoms with Crippen LogP contribution < -0.4 is 0 Å². The first-order chi connectivity index (χ1) is 12.4. The van der Waals surface area contributed by atoms with E-state index in [2.05, 4.69) is 5.10 Å². The second-order valence-electron chi connectivity index (χ2n) is 7.15. The van der Waals surface area contributed by atoms with Crippen LogP contribution in [0.2, 0.25) is 0 Å². The van der Waals surface area contributed by atoms with Gasteiger partial charge in [-0.1, -0.05) is 30.3 Å². The smallest absolute Gasteiger partial charge is 0.282 e. The van der Waals surface area contributed by atoms with Gasteiger partial charge in [-0.05, 0) is 30.4 Å². The van der Waals surface area contributed by atoms with Gasteiger partial charge in [0.15, 0.2) is 0 Å². The minimum atomic E-state index is -3.55. The Labute approximate surface area is 154 Å². The summed E-state index contributed by atoms with van der Waals surface area (Å²) in [5.74, 6) is 0.309. The lowest BCUT2D eigenvalue weighted by atomic mass is 10.1. The van der Waals surface area contributed by atoms with Gasteiger partial charge in [-0.25, -0.2) is 0 Å². The molecule has 0 bridgehead atoms. The molecule has 140 valence electrons. The van der Waals surface area contributed by atoms with Crippen molar-refractivity contribution in [1.82, 2.24) is 18.4 Å². The zero-order chi connectivity index (χ0) is 18.3. The first kappa shape index (κ1) is 17.7. The van der Waals surface area contributed by atoms with E-state index in [1.165, 1.54) is 8.61 Å². The highest BCUT2D eigenvalue weighted by atomic mass is 32.2. The topological polar surface area (TPSA) is 78.7 Å². The predicted octanol–water partition coefficient (Wildman–Crippen LogP) is 1.52. The number of fused-ring (bicyclic) bond motifs is 1. The molecular weight excluding hydrogens is 352 g/mol. The average molecular weight is 376 g/mol. The number of rotatable bonds is 6. The number of aromatic nitrogens is 2. The van der Waals surface area contributed by atoms with Gasteiger partial charge in [-0.2, -0.15) is 22.1 Å². The highest BCUT2D eigenvalue weighted by Gasteiger charge is 2.35. The summed E-state index contributed by atoms with van der Waals surface area (Å²) >= 11 is 0. The average Bonchev–Trinajstić information content (AvgIpc) is 3.40. The molecule has 0 radical (unpaired) electrons. The summed E-state index contributed by atoms with van der Waals surface area (Å²) in [4.78, 5) is 0. The number of aliphatic hydroxyl groups excluding tert-OH is 1. The molecule has 2 heterocycles. The van der Waals surface area contributed by atoms with Gasteiger partial charge in [0.05, 0.1) is 24.5 Å². The Morgan fingerprint density at radius 1 is 1.27 bits per heavy atom. The van der Waals surface area contributed by atoms with Crippen molar-refractivity contribution in [3.05, 3.63) is 53.3 Å². The molecule has 26 heavy (non-hydrogen) atoms. The minimum absolute atomic E-state index is 0.284. The Morgan fingerprint density at radius 3 is 2.69 bits per heavy atom. The zero-order valence-corrected chi connectivity index (χ0v) is 15.6. The molecule has 1 aromatic carbocycles. The van der Waals surface area contributed by atoms with Crippen molar-refractivity contribution < 1.29 is 13.5 Å². The molecule has 2 aromatic rings. The minimum Gasteiger partial charge on any atom is -0.386 e. The quantitative estimate of drug-likeness (QED) is 0.829. The van der Waals surface area contributed by atoms with E-state index in [1.807, 2.05) is 41.1 Å². The van der Waals surface area contributed by atoms with Crippen LogP contribution in [0.15, 0.2) is 36.4 Å². The van der Waals surface area contributed by atoms with E-state index < -0.39 is 16.3 Å². The van der Waals surface area contributed by atoms with Gasteiger partial charge in [-0.15, -0.1) is 0 Å². The van der Waals surface area contributed by atoms with Crippen LogP contribution >= 0.6 is 0 Å². The fraction of sp³-hybridized carbons (Fsp3) is 0.500. The monoisotopic (exact) mass is 376 g/mol. The van der Waals surface area contributed by atoms with E-state index in [0.717, 1.165) is 24.1 Å². The molecule has 0 spiro atoms. The standard InChI is InChI=1S/C18H24N4O3S/c1-20(12-14-5-3-2-4-6-14)26(24,25)21-9-10-22-16(13-21)11-17(19-22)18(23)15-7-8-15/h2-6,11,15,18,23H,7-10,12-13H2,1H3/t18-/m0/s1. The normalized spacial score (nSPS) is 19.5. The molecule has 1 aliphatic heterocycles. The van der Waals surface area contributed by atoms with Crippen molar-refractivity contribution in [3.63, 3.8) is 0 Å². The summed E-state index contributed by atoms with van der Waals surface area (Å²) in [5.41, 5.74) is 2.46. The molecule has 0 amide bonds. The largest absolute Gasteiger partial charge is 0.386 e. The van der Waals surface area contributed by atoms with Crippen molar-refractivity contribution in [2.45, 2.75) is 38.6 Å². The second kappa shape index (κ2) is 6.77. The molecule has 1 N–H and O–H groups in total. The van der Waals surface area contributed by atoms with Crippen LogP contribution in [0.5, 0.6) is 0 Å². The molecule has 1 aliphatic carbocycles. The molecule has 2 aliphatic rings. The molecule has 4 rings (SSSR count). The number of hydrogen-bond donors (Lipinski definition) is 1. The molecule has 1 atom stereocenters. The third kappa shape index (κ3) is 3.42. The summed E-state index contributed by atoms with van der Waals surface area (Å²) in [6.07, 6.45) is 1.54. The van der Waals surface area contributed by atoms with E-state index in [0.29, 0.717) is 31.2 Å². The third-order valence-electron chi connectivity index (χ3n) is 5.12. The van der Waals surface area contributed by atoms with Crippen molar-refractivity contribution in [2.75, 3.05) is 13.6 Å². The Kier molecular flexibility index (Phi) is 4.60. The summed E-state index contributed by atoms with van der Waals surface area (Å²) in [5, 5.41) is 14.7. The molecule has 1 aromatic heterocycles. The Bertz CT molecular complexity index is 877. The first-order valence-corrected chi connectivity index (χ1v) is 10.3. The van der Waals surface area contributed by atoms with Crippen molar-refractivity contribution >= 4 is 10.2 Å². The molecule has 0 saturated heterocycles. The molecule has 7 nitrogen and oxygen atoms in total. The lowest BCUT2D eigenvalue weighted by Gasteiger charge is -2.30. The molecule has 1 fully saturated rings. The van der Waals surface area contributed by atoms with Gasteiger partial charge >= 0.3 is 0 Å². The van der Waals surface area contributed by atoms with Crippen LogP contribution in [-0.4, -0.2) is 45.5 Å². The highest BCUT2D eigenvalue weighted by molar-refractivity contribution is 7.86. The Hall–Kier alpha value is -1.74. The maximum absolute atomic E-state index is 12.9. The van der Waals surface area contributed by atoms with Crippen LogP contribution in [0.4, 0.5) is 0 Å². The van der Waals surface area contributed by atoms with Crippen molar-refractivity contribution in [2.24, 2.45) is 5.92 Å². The van der Waals surface area contributed by atoms with E-state index in [1.54, 1.807) is 7.05 Å². The highest BCUT2D eigenvalue weighted by Crippen LogP contribution is 2.40. The zero-order valence-electron chi connectivity index (χ0n) is 14.8. The maximum atomic E-state index is 12.9. The summed E-state index contributed by atoms with van der Waals surface area (Å²) < 4.78 is 30.6. The molecular formula is C18H24N4O3S. The lowest BCUT2D eigenvalue weighted by molar-refractivity contribution is 0.148. The summed E-state index contributed by atoms with van der Waals surface area (Å²) in [6, 6.07) is 11.4. The number of aliphatic hydroxyl groups is 1. The van der Waals surface area contributed by atoms with Crippen LogP contribution in [0, 0.1) is 5.92 Å². The number of hydrogen-bond acceptors (Lipinski definition) is 4. The summed E-state index contributed by atoms with van der Waals surface area (Å²) in [7, 11) is -1.95. The fourth-order valence-corrected chi connectivity index (χ4v) is 4.69.